The molecule has 3 nitrogen and oxygen atoms in total. The average molecular weight is 277 g/mol. The zero-order valence-electron chi connectivity index (χ0n) is 8.50. The third kappa shape index (κ3) is 3.49. The summed E-state index contributed by atoms with van der Waals surface area (Å²) >= 11 is 13.1. The number of nitrogens with zero attached hydrogens (tertiary/aromatic N) is 1. The highest BCUT2D eigenvalue weighted by molar-refractivity contribution is 8.13. The molecule has 0 aliphatic heterocycles. The smallest absolute Gasteiger partial charge is 0.147 e. The number of rotatable bonds is 2. The van der Waals surface area contributed by atoms with Crippen LogP contribution in [0.15, 0.2) is 23.2 Å². The van der Waals surface area contributed by atoms with Gasteiger partial charge in [0.1, 0.15) is 17.5 Å². The lowest BCUT2D eigenvalue weighted by Crippen LogP contribution is -2.04. The third-order valence-corrected chi connectivity index (χ3v) is 3.20. The van der Waals surface area contributed by atoms with Crippen molar-refractivity contribution in [3.8, 4) is 0 Å². The Morgan fingerprint density at radius 1 is 1.44 bits per heavy atom. The summed E-state index contributed by atoms with van der Waals surface area (Å²) in [6.45, 7) is -0.384. The van der Waals surface area contributed by atoms with E-state index < -0.39 is 0 Å². The van der Waals surface area contributed by atoms with Gasteiger partial charge in [-0.25, -0.2) is 4.99 Å². The van der Waals surface area contributed by atoms with E-state index in [1.165, 1.54) is 11.8 Å². The van der Waals surface area contributed by atoms with E-state index in [1.807, 2.05) is 6.26 Å². The summed E-state index contributed by atoms with van der Waals surface area (Å²) in [6, 6.07) is 5.13. The van der Waals surface area contributed by atoms with Gasteiger partial charge in [0, 0.05) is 5.56 Å². The molecule has 0 bridgehead atoms. The van der Waals surface area contributed by atoms with E-state index in [1.54, 1.807) is 18.2 Å². The van der Waals surface area contributed by atoms with Gasteiger partial charge in [0.15, 0.2) is 0 Å². The molecule has 86 valence electrons. The molecule has 0 unspecified atom stereocenters. The van der Waals surface area contributed by atoms with Crippen LogP contribution in [0.4, 0.5) is 0 Å². The molecular weight excluding hydrogens is 267 g/mol. The number of halogens is 2. The summed E-state index contributed by atoms with van der Waals surface area (Å²) in [4.78, 5) is 3.97. The van der Waals surface area contributed by atoms with Crippen LogP contribution in [0.5, 0.6) is 0 Å². The largest absolute Gasteiger partial charge is 0.388 e. The fraction of sp³-hybridized carbons (Fsp3) is 0.200. The molecule has 0 saturated heterocycles. The lowest BCUT2D eigenvalue weighted by molar-refractivity contribution is 0.355. The zero-order chi connectivity index (χ0) is 12.1. The van der Waals surface area contributed by atoms with Crippen molar-refractivity contribution in [1.29, 1.82) is 5.41 Å². The molecule has 1 aromatic carbocycles. The van der Waals surface area contributed by atoms with Crippen molar-refractivity contribution in [2.45, 2.75) is 0 Å². The predicted octanol–water partition coefficient (Wildman–Crippen LogP) is 3.07. The van der Waals surface area contributed by atoms with E-state index in [4.69, 9.17) is 33.7 Å². The standard InChI is InChI=1S/C10H10Cl2N2OS/c1-16-10(14-9(13)5-15)6-2-3-7(11)8(12)4-6/h2-4,13,15H,5H2,1H3. The number of nitrogens with one attached hydrogen (secondary N) is 1. The Kier molecular flexibility index (Phi) is 5.28. The number of amidine groups is 1. The Morgan fingerprint density at radius 3 is 2.62 bits per heavy atom. The van der Waals surface area contributed by atoms with Gasteiger partial charge in [-0.15, -0.1) is 11.8 Å². The van der Waals surface area contributed by atoms with Crippen molar-refractivity contribution in [3.63, 3.8) is 0 Å². The average Bonchev–Trinajstić information content (AvgIpc) is 2.29. The fourth-order valence-corrected chi connectivity index (χ4v) is 1.88. The minimum absolute atomic E-state index is 0.0876. The molecule has 1 rings (SSSR count). The first-order chi connectivity index (χ1) is 7.58. The Morgan fingerprint density at radius 2 is 2.12 bits per heavy atom. The monoisotopic (exact) mass is 276 g/mol. The maximum atomic E-state index is 8.74. The van der Waals surface area contributed by atoms with Crippen LogP contribution >= 0.6 is 35.0 Å². The van der Waals surface area contributed by atoms with Gasteiger partial charge >= 0.3 is 0 Å². The van der Waals surface area contributed by atoms with E-state index >= 15 is 0 Å². The Hall–Kier alpha value is -0.550. The number of aliphatic imine (C=N–C) groups is 1. The Labute approximate surface area is 108 Å². The van der Waals surface area contributed by atoms with Gasteiger partial charge in [-0.05, 0) is 18.4 Å². The second-order valence-electron chi connectivity index (χ2n) is 2.85. The molecule has 0 heterocycles. The summed E-state index contributed by atoms with van der Waals surface area (Å²) in [5.41, 5.74) is 0.778. The van der Waals surface area contributed by atoms with Crippen molar-refractivity contribution in [3.05, 3.63) is 33.8 Å². The molecule has 0 radical (unpaired) electrons. The molecular formula is C10H10Cl2N2OS. The molecule has 0 fully saturated rings. The van der Waals surface area contributed by atoms with Gasteiger partial charge in [0.05, 0.1) is 10.0 Å². The highest BCUT2D eigenvalue weighted by Crippen LogP contribution is 2.24. The van der Waals surface area contributed by atoms with Gasteiger partial charge in [-0.2, -0.15) is 0 Å². The summed E-state index contributed by atoms with van der Waals surface area (Å²) in [5, 5.41) is 17.6. The first-order valence-electron chi connectivity index (χ1n) is 4.35. The highest BCUT2D eigenvalue weighted by atomic mass is 35.5. The normalized spacial score (nSPS) is 11.6. The highest BCUT2D eigenvalue weighted by Gasteiger charge is 2.06. The second-order valence-corrected chi connectivity index (χ2v) is 4.46. The number of thioether (sulfide) groups is 1. The molecule has 0 aromatic heterocycles. The van der Waals surface area contributed by atoms with E-state index in [-0.39, 0.29) is 12.4 Å². The summed E-state index contributed by atoms with van der Waals surface area (Å²) < 4.78 is 0. The van der Waals surface area contributed by atoms with E-state index in [0.717, 1.165) is 5.56 Å². The minimum atomic E-state index is -0.384. The second kappa shape index (κ2) is 6.25. The van der Waals surface area contributed by atoms with Gasteiger partial charge in [0.2, 0.25) is 0 Å². The fourth-order valence-electron chi connectivity index (χ4n) is 1.02. The number of hydrogen-bond acceptors (Lipinski definition) is 3. The quantitative estimate of drug-likeness (QED) is 0.644. The number of benzene rings is 1. The Bertz CT molecular complexity index is 435. The summed E-state index contributed by atoms with van der Waals surface area (Å²) in [5.74, 6) is -0.0876. The molecule has 1 aromatic rings. The topological polar surface area (TPSA) is 56.4 Å². The van der Waals surface area contributed by atoms with Crippen molar-refractivity contribution in [2.75, 3.05) is 12.9 Å². The zero-order valence-corrected chi connectivity index (χ0v) is 10.8. The van der Waals surface area contributed by atoms with Crippen LogP contribution in [-0.4, -0.2) is 28.8 Å². The first-order valence-corrected chi connectivity index (χ1v) is 6.33. The van der Waals surface area contributed by atoms with Crippen LogP contribution in [0.3, 0.4) is 0 Å². The maximum Gasteiger partial charge on any atom is 0.147 e. The van der Waals surface area contributed by atoms with Crippen LogP contribution in [0, 0.1) is 5.41 Å². The van der Waals surface area contributed by atoms with Crippen molar-refractivity contribution < 1.29 is 5.11 Å². The SMILES string of the molecule is CSC(=NC(=N)CO)c1ccc(Cl)c(Cl)c1. The lowest BCUT2D eigenvalue weighted by atomic mass is 10.2. The lowest BCUT2D eigenvalue weighted by Gasteiger charge is -2.05. The van der Waals surface area contributed by atoms with E-state index in [9.17, 15) is 0 Å². The van der Waals surface area contributed by atoms with E-state index in [0.29, 0.717) is 15.1 Å². The van der Waals surface area contributed by atoms with Crippen molar-refractivity contribution in [1.82, 2.24) is 0 Å². The van der Waals surface area contributed by atoms with Crippen LogP contribution in [0.25, 0.3) is 0 Å². The van der Waals surface area contributed by atoms with Gasteiger partial charge < -0.3 is 5.11 Å². The van der Waals surface area contributed by atoms with Crippen LogP contribution in [0.2, 0.25) is 10.0 Å². The first kappa shape index (κ1) is 13.5. The maximum absolute atomic E-state index is 8.74. The number of hydrogen-bond donors (Lipinski definition) is 2. The summed E-state index contributed by atoms with van der Waals surface area (Å²) in [7, 11) is 0. The van der Waals surface area contributed by atoms with Crippen LogP contribution < -0.4 is 0 Å². The molecule has 0 aliphatic rings. The van der Waals surface area contributed by atoms with Crippen molar-refractivity contribution >= 4 is 45.8 Å². The molecule has 2 N–H and O–H groups in total. The molecule has 0 amide bonds. The van der Waals surface area contributed by atoms with Gasteiger partial charge in [0.25, 0.3) is 0 Å². The number of aliphatic hydroxyl groups excluding tert-OH is 1. The van der Waals surface area contributed by atoms with E-state index in [2.05, 4.69) is 4.99 Å². The molecule has 0 aliphatic carbocycles. The number of aliphatic hydroxyl groups is 1. The molecule has 0 saturated carbocycles. The predicted molar refractivity (Wildman–Crippen MR) is 71.3 cm³/mol. The van der Waals surface area contributed by atoms with Crippen LogP contribution in [-0.2, 0) is 0 Å². The molecule has 6 heteroatoms. The summed E-state index contributed by atoms with van der Waals surface area (Å²) in [6.07, 6.45) is 1.84. The minimum Gasteiger partial charge on any atom is -0.388 e. The van der Waals surface area contributed by atoms with Crippen molar-refractivity contribution in [2.24, 2.45) is 4.99 Å². The third-order valence-electron chi connectivity index (χ3n) is 1.75. The molecule has 0 atom stereocenters. The van der Waals surface area contributed by atoms with Crippen LogP contribution in [0.1, 0.15) is 5.56 Å². The van der Waals surface area contributed by atoms with Gasteiger partial charge in [-0.3, -0.25) is 5.41 Å². The van der Waals surface area contributed by atoms with Gasteiger partial charge in [-0.1, -0.05) is 29.3 Å². The molecule has 16 heavy (non-hydrogen) atoms. The molecule has 0 spiro atoms. The Balaban J connectivity index is 3.09.